The lowest BCUT2D eigenvalue weighted by Gasteiger charge is -2.13. The minimum Gasteiger partial charge on any atom is -0.455 e. The molecular formula is C20H15ClFNO2. The molecule has 0 saturated heterocycles. The van der Waals surface area contributed by atoms with Crippen LogP contribution in [0.5, 0.6) is 11.5 Å². The Morgan fingerprint density at radius 3 is 2.56 bits per heavy atom. The molecule has 0 atom stereocenters. The normalized spacial score (nSPS) is 10.3. The summed E-state index contributed by atoms with van der Waals surface area (Å²) in [6.07, 6.45) is 0.0506. The van der Waals surface area contributed by atoms with E-state index in [0.717, 1.165) is 0 Å². The van der Waals surface area contributed by atoms with Gasteiger partial charge >= 0.3 is 0 Å². The van der Waals surface area contributed by atoms with Crippen LogP contribution in [-0.2, 0) is 11.2 Å². The standard InChI is InChI=1S/C20H15ClFNO2/c21-15-9-10-19(25-17-7-2-1-3-8-17)18(13-15)23-20(24)12-14-5-4-6-16(22)11-14/h1-11,13H,12H2,(H,23,24). The van der Waals surface area contributed by atoms with E-state index < -0.39 is 0 Å². The molecule has 0 unspecified atom stereocenters. The quantitative estimate of drug-likeness (QED) is 0.660. The van der Waals surface area contributed by atoms with Crippen LogP contribution in [0, 0.1) is 5.82 Å². The Bertz CT molecular complexity index is 884. The van der Waals surface area contributed by atoms with Crippen molar-refractivity contribution in [1.82, 2.24) is 0 Å². The summed E-state index contributed by atoms with van der Waals surface area (Å²) in [4.78, 5) is 12.3. The minimum absolute atomic E-state index is 0.0506. The van der Waals surface area contributed by atoms with Crippen LogP contribution >= 0.6 is 11.6 Å². The van der Waals surface area contributed by atoms with Crippen LogP contribution in [0.15, 0.2) is 72.8 Å². The van der Waals surface area contributed by atoms with E-state index in [2.05, 4.69) is 5.32 Å². The summed E-state index contributed by atoms with van der Waals surface area (Å²) in [6, 6.07) is 20.1. The molecule has 0 spiro atoms. The molecule has 0 fully saturated rings. The Morgan fingerprint density at radius 2 is 1.80 bits per heavy atom. The zero-order chi connectivity index (χ0) is 17.6. The lowest BCUT2D eigenvalue weighted by atomic mass is 10.1. The van der Waals surface area contributed by atoms with Crippen molar-refractivity contribution >= 4 is 23.2 Å². The summed E-state index contributed by atoms with van der Waals surface area (Å²) in [5, 5.41) is 3.24. The van der Waals surface area contributed by atoms with Crippen LogP contribution in [0.25, 0.3) is 0 Å². The topological polar surface area (TPSA) is 38.3 Å². The molecule has 1 amide bonds. The highest BCUT2D eigenvalue weighted by Gasteiger charge is 2.11. The molecule has 25 heavy (non-hydrogen) atoms. The second kappa shape index (κ2) is 7.81. The van der Waals surface area contributed by atoms with Crippen molar-refractivity contribution in [2.75, 3.05) is 5.32 Å². The lowest BCUT2D eigenvalue weighted by Crippen LogP contribution is -2.15. The average Bonchev–Trinajstić information content (AvgIpc) is 2.58. The molecule has 0 heterocycles. The molecule has 0 saturated carbocycles. The van der Waals surface area contributed by atoms with E-state index in [-0.39, 0.29) is 18.1 Å². The number of para-hydroxylation sites is 1. The number of benzene rings is 3. The average molecular weight is 356 g/mol. The van der Waals surface area contributed by atoms with E-state index in [1.807, 2.05) is 30.3 Å². The molecule has 3 nitrogen and oxygen atoms in total. The van der Waals surface area contributed by atoms with Gasteiger partial charge in [-0.2, -0.15) is 0 Å². The Balaban J connectivity index is 1.76. The molecule has 5 heteroatoms. The van der Waals surface area contributed by atoms with Crippen molar-refractivity contribution in [3.8, 4) is 11.5 Å². The first-order valence-corrected chi connectivity index (χ1v) is 8.05. The Morgan fingerprint density at radius 1 is 1.00 bits per heavy atom. The van der Waals surface area contributed by atoms with Gasteiger partial charge in [-0.15, -0.1) is 0 Å². The Hall–Kier alpha value is -2.85. The fourth-order valence-electron chi connectivity index (χ4n) is 2.33. The molecule has 0 radical (unpaired) electrons. The van der Waals surface area contributed by atoms with Gasteiger partial charge in [-0.1, -0.05) is 41.9 Å². The largest absolute Gasteiger partial charge is 0.455 e. The van der Waals surface area contributed by atoms with Gasteiger partial charge in [0.1, 0.15) is 11.6 Å². The van der Waals surface area contributed by atoms with Gasteiger partial charge in [0.15, 0.2) is 5.75 Å². The highest BCUT2D eigenvalue weighted by Crippen LogP contribution is 2.32. The van der Waals surface area contributed by atoms with Crippen molar-refractivity contribution in [2.24, 2.45) is 0 Å². The summed E-state index contributed by atoms with van der Waals surface area (Å²) >= 11 is 6.03. The second-order valence-electron chi connectivity index (χ2n) is 5.41. The van der Waals surface area contributed by atoms with Crippen molar-refractivity contribution < 1.29 is 13.9 Å². The molecule has 126 valence electrons. The van der Waals surface area contributed by atoms with Gasteiger partial charge in [0, 0.05) is 5.02 Å². The van der Waals surface area contributed by atoms with Crippen molar-refractivity contribution in [3.63, 3.8) is 0 Å². The summed E-state index contributed by atoms with van der Waals surface area (Å²) in [6.45, 7) is 0. The number of carbonyl (C=O) groups excluding carboxylic acids is 1. The summed E-state index contributed by atoms with van der Waals surface area (Å²) in [5.74, 6) is 0.459. The number of rotatable bonds is 5. The fourth-order valence-corrected chi connectivity index (χ4v) is 2.50. The van der Waals surface area contributed by atoms with Gasteiger partial charge in [0.2, 0.25) is 5.91 Å². The highest BCUT2D eigenvalue weighted by atomic mass is 35.5. The first-order chi connectivity index (χ1) is 12.1. The number of hydrogen-bond acceptors (Lipinski definition) is 2. The lowest BCUT2D eigenvalue weighted by molar-refractivity contribution is -0.115. The predicted molar refractivity (Wildman–Crippen MR) is 96.7 cm³/mol. The smallest absolute Gasteiger partial charge is 0.228 e. The zero-order valence-electron chi connectivity index (χ0n) is 13.2. The Kier molecular flexibility index (Phi) is 5.31. The maximum absolute atomic E-state index is 13.2. The first kappa shape index (κ1) is 17.0. The van der Waals surface area contributed by atoms with Gasteiger partial charge in [0.25, 0.3) is 0 Å². The van der Waals surface area contributed by atoms with E-state index in [0.29, 0.717) is 27.8 Å². The molecule has 1 N–H and O–H groups in total. The fraction of sp³-hybridized carbons (Fsp3) is 0.0500. The predicted octanol–water partition coefficient (Wildman–Crippen LogP) is 5.45. The highest BCUT2D eigenvalue weighted by molar-refractivity contribution is 6.31. The minimum atomic E-state index is -0.374. The maximum Gasteiger partial charge on any atom is 0.228 e. The Labute approximate surface area is 150 Å². The molecule has 3 aromatic carbocycles. The van der Waals surface area contributed by atoms with Gasteiger partial charge in [-0.25, -0.2) is 4.39 Å². The number of ether oxygens (including phenoxy) is 1. The summed E-state index contributed by atoms with van der Waals surface area (Å²) < 4.78 is 19.0. The van der Waals surface area contributed by atoms with Gasteiger partial charge < -0.3 is 10.1 Å². The number of hydrogen-bond donors (Lipinski definition) is 1. The third-order valence-electron chi connectivity index (χ3n) is 3.44. The van der Waals surface area contributed by atoms with Crippen molar-refractivity contribution in [1.29, 1.82) is 0 Å². The molecule has 3 rings (SSSR count). The van der Waals surface area contributed by atoms with Gasteiger partial charge in [0.05, 0.1) is 12.1 Å². The maximum atomic E-state index is 13.2. The molecular weight excluding hydrogens is 341 g/mol. The van der Waals surface area contributed by atoms with E-state index in [9.17, 15) is 9.18 Å². The number of nitrogens with one attached hydrogen (secondary N) is 1. The molecule has 3 aromatic rings. The van der Waals surface area contributed by atoms with Crippen LogP contribution in [0.4, 0.5) is 10.1 Å². The third kappa shape index (κ3) is 4.81. The monoisotopic (exact) mass is 355 g/mol. The molecule has 0 aliphatic carbocycles. The van der Waals surface area contributed by atoms with Crippen LogP contribution in [0.2, 0.25) is 5.02 Å². The number of carbonyl (C=O) groups is 1. The number of anilines is 1. The first-order valence-electron chi connectivity index (χ1n) is 7.67. The zero-order valence-corrected chi connectivity index (χ0v) is 14.0. The molecule has 0 aromatic heterocycles. The number of halogens is 2. The van der Waals surface area contributed by atoms with E-state index in [4.69, 9.17) is 16.3 Å². The second-order valence-corrected chi connectivity index (χ2v) is 5.85. The SMILES string of the molecule is O=C(Cc1cccc(F)c1)Nc1cc(Cl)ccc1Oc1ccccc1. The van der Waals surface area contributed by atoms with Crippen molar-refractivity contribution in [3.05, 3.63) is 89.2 Å². The van der Waals surface area contributed by atoms with E-state index in [1.165, 1.54) is 12.1 Å². The van der Waals surface area contributed by atoms with Gasteiger partial charge in [-0.05, 0) is 48.0 Å². The summed E-state index contributed by atoms with van der Waals surface area (Å²) in [7, 11) is 0. The van der Waals surface area contributed by atoms with E-state index >= 15 is 0 Å². The van der Waals surface area contributed by atoms with Crippen LogP contribution in [0.3, 0.4) is 0 Å². The third-order valence-corrected chi connectivity index (χ3v) is 3.68. The van der Waals surface area contributed by atoms with Crippen LogP contribution in [-0.4, -0.2) is 5.91 Å². The molecule has 0 bridgehead atoms. The number of amides is 1. The summed E-state index contributed by atoms with van der Waals surface area (Å²) in [5.41, 5.74) is 1.04. The van der Waals surface area contributed by atoms with E-state index in [1.54, 1.807) is 30.3 Å². The van der Waals surface area contributed by atoms with Crippen molar-refractivity contribution in [2.45, 2.75) is 6.42 Å². The van der Waals surface area contributed by atoms with Crippen LogP contribution < -0.4 is 10.1 Å². The molecule has 0 aliphatic rings. The molecule has 0 aliphatic heterocycles. The van der Waals surface area contributed by atoms with Crippen LogP contribution in [0.1, 0.15) is 5.56 Å². The van der Waals surface area contributed by atoms with Gasteiger partial charge in [-0.3, -0.25) is 4.79 Å².